The van der Waals surface area contributed by atoms with Crippen molar-refractivity contribution in [1.82, 2.24) is 0 Å². The average Bonchev–Trinajstić information content (AvgIpc) is 2.48. The number of hydrogen-bond donors (Lipinski definition) is 0. The van der Waals surface area contributed by atoms with Crippen molar-refractivity contribution in [1.29, 1.82) is 0 Å². The SMILES string of the molecule is CCOC(=CC(=O)c1ccccc1)c1ccccc1. The standard InChI is InChI=1S/C17H16O2/c1-2-19-17(15-11-7-4-8-12-15)13-16(18)14-9-5-3-6-10-14/h3-13H,2H2,1H3. The Balaban J connectivity index is 2.29. The molecular weight excluding hydrogens is 236 g/mol. The van der Waals surface area contributed by atoms with E-state index >= 15 is 0 Å². The first kappa shape index (κ1) is 13.1. The van der Waals surface area contributed by atoms with Crippen molar-refractivity contribution in [3.8, 4) is 0 Å². The average molecular weight is 252 g/mol. The molecule has 0 radical (unpaired) electrons. The van der Waals surface area contributed by atoms with Crippen LogP contribution >= 0.6 is 0 Å². The summed E-state index contributed by atoms with van der Waals surface area (Å²) in [5, 5.41) is 0. The number of rotatable bonds is 5. The lowest BCUT2D eigenvalue weighted by Crippen LogP contribution is -1.99. The quantitative estimate of drug-likeness (QED) is 0.457. The number of ether oxygens (including phenoxy) is 1. The second-order valence-corrected chi connectivity index (χ2v) is 4.04. The Hall–Kier alpha value is -2.35. The van der Waals surface area contributed by atoms with Crippen molar-refractivity contribution >= 4 is 11.5 Å². The molecule has 0 heterocycles. The molecule has 2 rings (SSSR count). The minimum atomic E-state index is -0.0482. The summed E-state index contributed by atoms with van der Waals surface area (Å²) in [5.41, 5.74) is 1.57. The van der Waals surface area contributed by atoms with Crippen LogP contribution in [0.1, 0.15) is 22.8 Å². The summed E-state index contributed by atoms with van der Waals surface area (Å²) in [6.45, 7) is 2.44. The molecule has 0 spiro atoms. The third-order valence-corrected chi connectivity index (χ3v) is 2.68. The molecule has 96 valence electrons. The number of hydrogen-bond acceptors (Lipinski definition) is 2. The van der Waals surface area contributed by atoms with E-state index in [9.17, 15) is 4.79 Å². The van der Waals surface area contributed by atoms with Crippen LogP contribution in [0, 0.1) is 0 Å². The highest BCUT2D eigenvalue weighted by atomic mass is 16.5. The van der Waals surface area contributed by atoms with Crippen LogP contribution in [0.4, 0.5) is 0 Å². The smallest absolute Gasteiger partial charge is 0.189 e. The van der Waals surface area contributed by atoms with Crippen LogP contribution in [0.15, 0.2) is 66.7 Å². The first-order chi connectivity index (χ1) is 9.31. The van der Waals surface area contributed by atoms with Crippen molar-refractivity contribution in [2.75, 3.05) is 6.61 Å². The van der Waals surface area contributed by atoms with E-state index in [2.05, 4.69) is 0 Å². The van der Waals surface area contributed by atoms with Crippen LogP contribution in [-0.4, -0.2) is 12.4 Å². The maximum absolute atomic E-state index is 12.1. The third-order valence-electron chi connectivity index (χ3n) is 2.68. The van der Waals surface area contributed by atoms with Gasteiger partial charge in [-0.3, -0.25) is 4.79 Å². The van der Waals surface area contributed by atoms with E-state index < -0.39 is 0 Å². The number of benzene rings is 2. The maximum Gasteiger partial charge on any atom is 0.189 e. The van der Waals surface area contributed by atoms with Gasteiger partial charge in [-0.2, -0.15) is 0 Å². The second kappa shape index (κ2) is 6.55. The van der Waals surface area contributed by atoms with E-state index in [-0.39, 0.29) is 5.78 Å². The van der Waals surface area contributed by atoms with Gasteiger partial charge in [-0.1, -0.05) is 60.7 Å². The van der Waals surface area contributed by atoms with Crippen molar-refractivity contribution in [3.63, 3.8) is 0 Å². The van der Waals surface area contributed by atoms with Gasteiger partial charge in [0.25, 0.3) is 0 Å². The fourth-order valence-corrected chi connectivity index (χ4v) is 1.77. The molecule has 2 nitrogen and oxygen atoms in total. The van der Waals surface area contributed by atoms with Gasteiger partial charge in [-0.05, 0) is 6.92 Å². The van der Waals surface area contributed by atoms with Crippen molar-refractivity contribution in [2.24, 2.45) is 0 Å². The highest BCUT2D eigenvalue weighted by Crippen LogP contribution is 2.16. The second-order valence-electron chi connectivity index (χ2n) is 4.04. The Bertz CT molecular complexity index is 556. The molecule has 0 aliphatic rings. The monoisotopic (exact) mass is 252 g/mol. The Morgan fingerprint density at radius 1 is 0.947 bits per heavy atom. The van der Waals surface area contributed by atoms with E-state index in [4.69, 9.17) is 4.74 Å². The highest BCUT2D eigenvalue weighted by Gasteiger charge is 2.07. The van der Waals surface area contributed by atoms with Crippen LogP contribution in [0.25, 0.3) is 5.76 Å². The molecule has 0 aliphatic heterocycles. The minimum Gasteiger partial charge on any atom is -0.493 e. The van der Waals surface area contributed by atoms with Crippen molar-refractivity contribution < 1.29 is 9.53 Å². The van der Waals surface area contributed by atoms with Gasteiger partial charge >= 0.3 is 0 Å². The van der Waals surface area contributed by atoms with E-state index in [1.165, 1.54) is 0 Å². The van der Waals surface area contributed by atoms with Crippen LogP contribution in [0.2, 0.25) is 0 Å². The molecule has 2 aromatic rings. The van der Waals surface area contributed by atoms with E-state index in [1.807, 2.05) is 55.5 Å². The number of carbonyl (C=O) groups is 1. The van der Waals surface area contributed by atoms with E-state index in [0.29, 0.717) is 17.9 Å². The Labute approximate surface area is 113 Å². The summed E-state index contributed by atoms with van der Waals surface area (Å²) >= 11 is 0. The van der Waals surface area contributed by atoms with Gasteiger partial charge in [0.2, 0.25) is 0 Å². The van der Waals surface area contributed by atoms with Gasteiger partial charge < -0.3 is 4.74 Å². The largest absolute Gasteiger partial charge is 0.493 e. The fourth-order valence-electron chi connectivity index (χ4n) is 1.77. The van der Waals surface area contributed by atoms with Crippen molar-refractivity contribution in [2.45, 2.75) is 6.92 Å². The molecule has 2 heteroatoms. The van der Waals surface area contributed by atoms with Gasteiger partial charge in [0.05, 0.1) is 6.61 Å². The zero-order valence-corrected chi connectivity index (χ0v) is 10.9. The van der Waals surface area contributed by atoms with Crippen LogP contribution in [0.3, 0.4) is 0 Å². The first-order valence-electron chi connectivity index (χ1n) is 6.30. The summed E-state index contributed by atoms with van der Waals surface area (Å²) < 4.78 is 5.56. The van der Waals surface area contributed by atoms with Gasteiger partial charge in [0.1, 0.15) is 5.76 Å². The number of allylic oxidation sites excluding steroid dienone is 1. The van der Waals surface area contributed by atoms with Crippen molar-refractivity contribution in [3.05, 3.63) is 77.9 Å². The molecule has 0 saturated heterocycles. The molecule has 0 amide bonds. The summed E-state index contributed by atoms with van der Waals surface area (Å²) in [5.74, 6) is 0.560. The molecular formula is C17H16O2. The molecule has 0 fully saturated rings. The first-order valence-corrected chi connectivity index (χ1v) is 6.30. The molecule has 0 aliphatic carbocycles. The Morgan fingerprint density at radius 2 is 1.47 bits per heavy atom. The van der Waals surface area contributed by atoms with Gasteiger partial charge in [0, 0.05) is 17.2 Å². The normalized spacial score (nSPS) is 11.1. The molecule has 0 saturated carbocycles. The zero-order chi connectivity index (χ0) is 13.5. The van der Waals surface area contributed by atoms with Gasteiger partial charge in [0.15, 0.2) is 5.78 Å². The number of ketones is 1. The molecule has 0 atom stereocenters. The molecule has 19 heavy (non-hydrogen) atoms. The lowest BCUT2D eigenvalue weighted by Gasteiger charge is -2.08. The predicted octanol–water partition coefficient (Wildman–Crippen LogP) is 3.95. The third kappa shape index (κ3) is 3.55. The topological polar surface area (TPSA) is 26.3 Å². The van der Waals surface area contributed by atoms with Gasteiger partial charge in [-0.25, -0.2) is 0 Å². The van der Waals surface area contributed by atoms with E-state index in [1.54, 1.807) is 18.2 Å². The molecule has 0 N–H and O–H groups in total. The Morgan fingerprint density at radius 3 is 2.00 bits per heavy atom. The minimum absolute atomic E-state index is 0.0482. The summed E-state index contributed by atoms with van der Waals surface area (Å²) in [4.78, 5) is 12.1. The summed E-state index contributed by atoms with van der Waals surface area (Å²) in [7, 11) is 0. The summed E-state index contributed by atoms with van der Waals surface area (Å²) in [6, 6.07) is 18.8. The molecule has 0 unspecified atom stereocenters. The van der Waals surface area contributed by atoms with Crippen LogP contribution < -0.4 is 0 Å². The zero-order valence-electron chi connectivity index (χ0n) is 10.9. The molecule has 0 aromatic heterocycles. The van der Waals surface area contributed by atoms with E-state index in [0.717, 1.165) is 5.56 Å². The van der Waals surface area contributed by atoms with Crippen LogP contribution in [-0.2, 0) is 4.74 Å². The predicted molar refractivity (Wildman–Crippen MR) is 76.8 cm³/mol. The maximum atomic E-state index is 12.1. The lowest BCUT2D eigenvalue weighted by molar-refractivity contribution is 0.104. The fraction of sp³-hybridized carbons (Fsp3) is 0.118. The molecule has 0 bridgehead atoms. The highest BCUT2D eigenvalue weighted by molar-refractivity contribution is 6.07. The number of carbonyl (C=O) groups excluding carboxylic acids is 1. The summed E-state index contributed by atoms with van der Waals surface area (Å²) in [6.07, 6.45) is 1.55. The lowest BCUT2D eigenvalue weighted by atomic mass is 10.1. The van der Waals surface area contributed by atoms with Gasteiger partial charge in [-0.15, -0.1) is 0 Å². The Kier molecular flexibility index (Phi) is 4.51. The molecule has 2 aromatic carbocycles. The van der Waals surface area contributed by atoms with Crippen LogP contribution in [0.5, 0.6) is 0 Å².